The zero-order valence-electron chi connectivity index (χ0n) is 19.5. The average Bonchev–Trinajstić information content (AvgIpc) is 3.26. The van der Waals surface area contributed by atoms with Gasteiger partial charge < -0.3 is 9.47 Å². The van der Waals surface area contributed by atoms with Crippen molar-refractivity contribution in [1.82, 2.24) is 0 Å². The van der Waals surface area contributed by atoms with Crippen LogP contribution in [0.25, 0.3) is 11.1 Å². The predicted octanol–water partition coefficient (Wildman–Crippen LogP) is 7.24. The minimum Gasteiger partial charge on any atom is -0.488 e. The van der Waals surface area contributed by atoms with Crippen LogP contribution < -0.4 is 4.74 Å². The van der Waals surface area contributed by atoms with E-state index in [4.69, 9.17) is 9.47 Å². The predicted molar refractivity (Wildman–Crippen MR) is 132 cm³/mol. The number of rotatable bonds is 6. The molecule has 0 aliphatic heterocycles. The number of carbonyl (C=O) groups is 1. The van der Waals surface area contributed by atoms with Crippen LogP contribution >= 0.6 is 0 Å². The second-order valence-electron chi connectivity index (χ2n) is 9.18. The van der Waals surface area contributed by atoms with Crippen LogP contribution in [0.15, 0.2) is 66.7 Å². The van der Waals surface area contributed by atoms with Gasteiger partial charge in [-0.25, -0.2) is 9.18 Å². The summed E-state index contributed by atoms with van der Waals surface area (Å²) in [6, 6.07) is 20.6. The molecule has 2 aliphatic rings. The number of esters is 1. The summed E-state index contributed by atoms with van der Waals surface area (Å²) in [7, 11) is 1.40. The van der Waals surface area contributed by atoms with E-state index in [0.717, 1.165) is 29.5 Å². The molecule has 0 bridgehead atoms. The Morgan fingerprint density at radius 1 is 0.941 bits per heavy atom. The van der Waals surface area contributed by atoms with Gasteiger partial charge in [-0.3, -0.25) is 0 Å². The van der Waals surface area contributed by atoms with E-state index < -0.39 is 0 Å². The Labute approximate surface area is 200 Å². The van der Waals surface area contributed by atoms with Crippen molar-refractivity contribution in [2.75, 3.05) is 7.11 Å². The Hall–Kier alpha value is -3.40. The fourth-order valence-electron chi connectivity index (χ4n) is 5.39. The van der Waals surface area contributed by atoms with Gasteiger partial charge in [0.05, 0.1) is 12.7 Å². The lowest BCUT2D eigenvalue weighted by Crippen LogP contribution is -2.09. The highest BCUT2D eigenvalue weighted by atomic mass is 19.1. The average molecular weight is 457 g/mol. The van der Waals surface area contributed by atoms with Gasteiger partial charge in [0.25, 0.3) is 0 Å². The van der Waals surface area contributed by atoms with E-state index in [9.17, 15) is 9.18 Å². The van der Waals surface area contributed by atoms with Crippen molar-refractivity contribution in [3.05, 3.63) is 100 Å². The molecule has 3 aromatic carbocycles. The van der Waals surface area contributed by atoms with Crippen LogP contribution in [0, 0.1) is 11.7 Å². The van der Waals surface area contributed by atoms with Gasteiger partial charge >= 0.3 is 5.97 Å². The Balaban J connectivity index is 1.56. The van der Waals surface area contributed by atoms with Crippen molar-refractivity contribution < 1.29 is 18.7 Å². The number of hydrogen-bond donors (Lipinski definition) is 0. The van der Waals surface area contributed by atoms with Gasteiger partial charge in [0.2, 0.25) is 0 Å². The second-order valence-corrected chi connectivity index (χ2v) is 9.18. The van der Waals surface area contributed by atoms with E-state index in [1.165, 1.54) is 55.2 Å². The lowest BCUT2D eigenvalue weighted by molar-refractivity contribution is 0.0600. The third kappa shape index (κ3) is 4.50. The first kappa shape index (κ1) is 22.4. The van der Waals surface area contributed by atoms with Crippen LogP contribution in [-0.2, 0) is 17.8 Å². The van der Waals surface area contributed by atoms with Crippen LogP contribution in [0.2, 0.25) is 0 Å². The van der Waals surface area contributed by atoms with Gasteiger partial charge in [0.1, 0.15) is 18.2 Å². The second kappa shape index (κ2) is 9.84. The molecule has 1 saturated carbocycles. The molecule has 4 heteroatoms. The summed E-state index contributed by atoms with van der Waals surface area (Å²) >= 11 is 0. The molecule has 0 N–H and O–H groups in total. The zero-order chi connectivity index (χ0) is 23.5. The molecule has 0 amide bonds. The fourth-order valence-corrected chi connectivity index (χ4v) is 5.39. The maximum absolute atomic E-state index is 14.3. The van der Waals surface area contributed by atoms with Crippen molar-refractivity contribution in [3.8, 4) is 5.75 Å². The van der Waals surface area contributed by atoms with Crippen LogP contribution in [-0.4, -0.2) is 13.1 Å². The molecule has 34 heavy (non-hydrogen) atoms. The summed E-state index contributed by atoms with van der Waals surface area (Å²) in [5.74, 6) is 0.383. The van der Waals surface area contributed by atoms with E-state index in [-0.39, 0.29) is 11.8 Å². The highest BCUT2D eigenvalue weighted by molar-refractivity contribution is 6.00. The molecule has 1 fully saturated rings. The molecular weight excluding hydrogens is 427 g/mol. The van der Waals surface area contributed by atoms with Crippen molar-refractivity contribution in [3.63, 3.8) is 0 Å². The van der Waals surface area contributed by atoms with Crippen LogP contribution in [0.4, 0.5) is 4.39 Å². The highest BCUT2D eigenvalue weighted by Gasteiger charge is 2.31. The summed E-state index contributed by atoms with van der Waals surface area (Å²) < 4.78 is 25.4. The molecule has 0 aromatic heterocycles. The molecule has 0 unspecified atom stereocenters. The lowest BCUT2D eigenvalue weighted by Gasteiger charge is -2.26. The normalized spacial score (nSPS) is 15.8. The van der Waals surface area contributed by atoms with Crippen molar-refractivity contribution >= 4 is 17.1 Å². The largest absolute Gasteiger partial charge is 0.488 e. The van der Waals surface area contributed by atoms with Gasteiger partial charge in [-0.05, 0) is 77.3 Å². The maximum Gasteiger partial charge on any atom is 0.337 e. The number of carbonyl (C=O) groups excluding carboxylic acids is 1. The number of ether oxygens (including phenoxy) is 2. The van der Waals surface area contributed by atoms with Gasteiger partial charge in [-0.2, -0.15) is 0 Å². The number of allylic oxidation sites excluding steroid dienone is 2. The molecule has 0 heterocycles. The van der Waals surface area contributed by atoms with Crippen molar-refractivity contribution in [2.45, 2.75) is 45.1 Å². The molecule has 0 atom stereocenters. The number of fused-ring (bicyclic) bond motifs is 1. The molecule has 3 aromatic rings. The maximum atomic E-state index is 14.3. The first-order valence-electron chi connectivity index (χ1n) is 12.1. The third-order valence-corrected chi connectivity index (χ3v) is 7.03. The van der Waals surface area contributed by atoms with Crippen LogP contribution in [0.5, 0.6) is 5.75 Å². The minimum atomic E-state index is -0.330. The smallest absolute Gasteiger partial charge is 0.337 e. The highest BCUT2D eigenvalue weighted by Crippen LogP contribution is 2.48. The molecule has 3 nitrogen and oxygen atoms in total. The lowest BCUT2D eigenvalue weighted by atomic mass is 9.79. The fraction of sp³-hybridized carbons (Fsp3) is 0.300. The monoisotopic (exact) mass is 456 g/mol. The van der Waals surface area contributed by atoms with Crippen LogP contribution in [0.3, 0.4) is 0 Å². The Morgan fingerprint density at radius 2 is 1.71 bits per heavy atom. The van der Waals surface area contributed by atoms with Crippen molar-refractivity contribution in [1.29, 1.82) is 0 Å². The Kier molecular flexibility index (Phi) is 6.48. The summed E-state index contributed by atoms with van der Waals surface area (Å²) in [5.41, 5.74) is 7.38. The molecular formula is C30H29FO3. The molecule has 2 aliphatic carbocycles. The molecule has 174 valence electrons. The van der Waals surface area contributed by atoms with Gasteiger partial charge in [-0.1, -0.05) is 55.7 Å². The summed E-state index contributed by atoms with van der Waals surface area (Å²) in [4.78, 5) is 12.2. The van der Waals surface area contributed by atoms with Crippen LogP contribution in [0.1, 0.15) is 64.7 Å². The first-order chi connectivity index (χ1) is 16.6. The van der Waals surface area contributed by atoms with Crippen molar-refractivity contribution in [2.24, 2.45) is 5.92 Å². The third-order valence-electron chi connectivity index (χ3n) is 7.03. The molecule has 5 rings (SSSR count). The number of hydrogen-bond acceptors (Lipinski definition) is 3. The number of halogens is 1. The minimum absolute atomic E-state index is 0.310. The zero-order valence-corrected chi connectivity index (χ0v) is 19.5. The molecule has 0 spiro atoms. The molecule has 0 radical (unpaired) electrons. The van der Waals surface area contributed by atoms with E-state index in [2.05, 4.69) is 6.07 Å². The van der Waals surface area contributed by atoms with E-state index >= 15 is 0 Å². The quantitative estimate of drug-likeness (QED) is 0.367. The van der Waals surface area contributed by atoms with Gasteiger partial charge in [-0.15, -0.1) is 0 Å². The topological polar surface area (TPSA) is 35.5 Å². The van der Waals surface area contributed by atoms with E-state index in [0.29, 0.717) is 30.3 Å². The summed E-state index contributed by atoms with van der Waals surface area (Å²) in [5, 5.41) is 0. The van der Waals surface area contributed by atoms with Gasteiger partial charge in [0, 0.05) is 11.6 Å². The van der Waals surface area contributed by atoms with Gasteiger partial charge in [0.15, 0.2) is 0 Å². The van der Waals surface area contributed by atoms with E-state index in [1.807, 2.05) is 48.5 Å². The Morgan fingerprint density at radius 3 is 2.47 bits per heavy atom. The number of methoxy groups -OCH3 is 1. The summed E-state index contributed by atoms with van der Waals surface area (Å²) in [6.45, 7) is 0.378. The first-order valence-corrected chi connectivity index (χ1v) is 12.1. The Bertz CT molecular complexity index is 1220. The standard InChI is InChI=1S/C30H29FO3/c1-33-30(32)22-12-14-25-23(16-22)17-27(29(25)21-10-6-3-7-11-21)26-15-13-24(31)18-28(26)34-19-20-8-4-2-5-9-20/h2,4-5,8-9,12-16,18,21H,3,6-7,10-11,17,19H2,1H3. The number of benzene rings is 3. The molecule has 0 saturated heterocycles. The SMILES string of the molecule is COC(=O)c1ccc2c(c1)CC(c1ccc(F)cc1OCc1ccccc1)=C2C1CCCCC1. The summed E-state index contributed by atoms with van der Waals surface area (Å²) in [6.07, 6.45) is 6.71. The van der Waals surface area contributed by atoms with E-state index in [1.54, 1.807) is 0 Å².